The Hall–Kier alpha value is -1.30. The summed E-state index contributed by atoms with van der Waals surface area (Å²) in [5, 5.41) is 0. The van der Waals surface area contributed by atoms with E-state index >= 15 is 0 Å². The Bertz CT molecular complexity index is 383. The molecule has 2 aliphatic carbocycles. The molecule has 1 aromatic carbocycles. The van der Waals surface area contributed by atoms with E-state index in [0.29, 0.717) is 5.92 Å². The minimum atomic E-state index is 0.676. The summed E-state index contributed by atoms with van der Waals surface area (Å²) in [5.74, 6) is 0.676. The van der Waals surface area contributed by atoms with E-state index in [1.165, 1.54) is 23.1 Å². The van der Waals surface area contributed by atoms with Crippen LogP contribution in [0.4, 0.5) is 0 Å². The second-order valence-corrected chi connectivity index (χ2v) is 3.51. The van der Waals surface area contributed by atoms with Crippen LogP contribution in [0.2, 0.25) is 0 Å². The Morgan fingerprint density at radius 2 is 2.08 bits per heavy atom. The molecule has 0 N–H and O–H groups in total. The number of rotatable bonds is 0. The van der Waals surface area contributed by atoms with Crippen LogP contribution in [-0.4, -0.2) is 0 Å². The molecule has 1 unspecified atom stereocenters. The van der Waals surface area contributed by atoms with Crippen molar-refractivity contribution in [1.82, 2.24) is 0 Å². The van der Waals surface area contributed by atoms with Crippen molar-refractivity contribution >= 4 is 5.57 Å². The largest absolute Gasteiger partial charge is 0.0767 e. The summed E-state index contributed by atoms with van der Waals surface area (Å²) >= 11 is 0. The molecule has 0 saturated heterocycles. The first-order valence-corrected chi connectivity index (χ1v) is 4.42. The zero-order chi connectivity index (χ0) is 7.97. The summed E-state index contributed by atoms with van der Waals surface area (Å²) in [6.07, 6.45) is 8.10. The minimum absolute atomic E-state index is 0.676. The van der Waals surface area contributed by atoms with Crippen LogP contribution in [0.1, 0.15) is 11.1 Å². The molecule has 0 amide bonds. The van der Waals surface area contributed by atoms with Gasteiger partial charge in [0.25, 0.3) is 0 Å². The molecule has 0 aromatic heterocycles. The fourth-order valence-corrected chi connectivity index (χ4v) is 2.11. The van der Waals surface area contributed by atoms with Crippen LogP contribution >= 0.6 is 0 Å². The summed E-state index contributed by atoms with van der Waals surface area (Å²) < 4.78 is 0. The van der Waals surface area contributed by atoms with Crippen LogP contribution in [0, 0.1) is 5.92 Å². The third-order valence-corrected chi connectivity index (χ3v) is 2.70. The van der Waals surface area contributed by atoms with Crippen LogP contribution in [0.15, 0.2) is 42.5 Å². The molecular formula is C12H10. The third kappa shape index (κ3) is 0.724. The van der Waals surface area contributed by atoms with E-state index in [2.05, 4.69) is 42.5 Å². The molecule has 0 aliphatic heterocycles. The fraction of sp³-hybridized carbons (Fsp3) is 0.167. The van der Waals surface area contributed by atoms with Crippen LogP contribution in [0.5, 0.6) is 0 Å². The topological polar surface area (TPSA) is 0 Å². The van der Waals surface area contributed by atoms with Gasteiger partial charge in [-0.2, -0.15) is 0 Å². The molecule has 3 rings (SSSR count). The van der Waals surface area contributed by atoms with Crippen molar-refractivity contribution < 1.29 is 0 Å². The standard InChI is InChI=1S/C12H10/c1-2-4-12-10(3-1)7-9-5-6-11(12)8-9/h1-6,8-9H,7H2. The van der Waals surface area contributed by atoms with Gasteiger partial charge in [-0.05, 0) is 29.0 Å². The second kappa shape index (κ2) is 2.10. The smallest absolute Gasteiger partial charge is 0.0000307 e. The van der Waals surface area contributed by atoms with E-state index in [-0.39, 0.29) is 0 Å². The van der Waals surface area contributed by atoms with Crippen molar-refractivity contribution in [2.24, 2.45) is 5.92 Å². The van der Waals surface area contributed by atoms with Gasteiger partial charge in [0.1, 0.15) is 0 Å². The molecule has 2 aliphatic rings. The molecule has 0 fully saturated rings. The van der Waals surface area contributed by atoms with Crippen LogP contribution in [0.25, 0.3) is 5.57 Å². The Morgan fingerprint density at radius 3 is 3.08 bits per heavy atom. The maximum absolute atomic E-state index is 2.36. The van der Waals surface area contributed by atoms with Crippen LogP contribution in [0.3, 0.4) is 0 Å². The molecular weight excluding hydrogens is 144 g/mol. The summed E-state index contributed by atoms with van der Waals surface area (Å²) in [6, 6.07) is 8.70. The SMILES string of the molecule is C1=CC2C=C1c1ccccc1C2. The number of hydrogen-bond acceptors (Lipinski definition) is 0. The molecule has 0 heteroatoms. The number of benzene rings is 1. The van der Waals surface area contributed by atoms with E-state index in [1.807, 2.05) is 0 Å². The predicted octanol–water partition coefficient (Wildman–Crippen LogP) is 2.81. The quantitative estimate of drug-likeness (QED) is 0.539. The Morgan fingerprint density at radius 1 is 1.17 bits per heavy atom. The van der Waals surface area contributed by atoms with Crippen LogP contribution in [-0.2, 0) is 6.42 Å². The van der Waals surface area contributed by atoms with Crippen molar-refractivity contribution in [3.05, 3.63) is 53.6 Å². The van der Waals surface area contributed by atoms with Crippen molar-refractivity contribution in [1.29, 1.82) is 0 Å². The molecule has 1 aromatic rings. The van der Waals surface area contributed by atoms with E-state index in [9.17, 15) is 0 Å². The van der Waals surface area contributed by atoms with Crippen LogP contribution < -0.4 is 0 Å². The first-order chi connectivity index (χ1) is 5.93. The molecule has 12 heavy (non-hydrogen) atoms. The first-order valence-electron chi connectivity index (χ1n) is 4.42. The van der Waals surface area contributed by atoms with Crippen molar-refractivity contribution in [2.75, 3.05) is 0 Å². The molecule has 0 radical (unpaired) electrons. The van der Waals surface area contributed by atoms with Gasteiger partial charge in [-0.25, -0.2) is 0 Å². The van der Waals surface area contributed by atoms with Crippen molar-refractivity contribution in [3.63, 3.8) is 0 Å². The Balaban J connectivity index is 2.26. The lowest BCUT2D eigenvalue weighted by Crippen LogP contribution is -2.02. The number of allylic oxidation sites excluding steroid dienone is 4. The predicted molar refractivity (Wildman–Crippen MR) is 50.8 cm³/mol. The molecule has 0 saturated carbocycles. The summed E-state index contributed by atoms with van der Waals surface area (Å²) in [5.41, 5.74) is 4.36. The fourth-order valence-electron chi connectivity index (χ4n) is 2.11. The van der Waals surface area contributed by atoms with Gasteiger partial charge in [0.2, 0.25) is 0 Å². The highest BCUT2D eigenvalue weighted by Gasteiger charge is 2.19. The van der Waals surface area contributed by atoms with E-state index in [1.54, 1.807) is 0 Å². The molecule has 1 atom stereocenters. The average Bonchev–Trinajstić information content (AvgIpc) is 2.49. The van der Waals surface area contributed by atoms with Gasteiger partial charge in [-0.3, -0.25) is 0 Å². The normalized spacial score (nSPS) is 23.7. The van der Waals surface area contributed by atoms with Crippen molar-refractivity contribution in [3.8, 4) is 0 Å². The molecule has 0 spiro atoms. The summed E-state index contributed by atoms with van der Waals surface area (Å²) in [4.78, 5) is 0. The molecule has 0 nitrogen and oxygen atoms in total. The van der Waals surface area contributed by atoms with Gasteiger partial charge in [0.05, 0.1) is 0 Å². The van der Waals surface area contributed by atoms with Gasteiger partial charge in [-0.15, -0.1) is 0 Å². The molecule has 2 bridgehead atoms. The highest BCUT2D eigenvalue weighted by atomic mass is 14.2. The average molecular weight is 154 g/mol. The Kier molecular flexibility index (Phi) is 1.09. The monoisotopic (exact) mass is 154 g/mol. The second-order valence-electron chi connectivity index (χ2n) is 3.51. The minimum Gasteiger partial charge on any atom is -0.0767 e. The lowest BCUT2D eigenvalue weighted by atomic mass is 9.90. The van der Waals surface area contributed by atoms with E-state index in [0.717, 1.165) is 0 Å². The number of fused-ring (bicyclic) bond motifs is 3. The van der Waals surface area contributed by atoms with Gasteiger partial charge in [-0.1, -0.05) is 42.5 Å². The highest BCUT2D eigenvalue weighted by molar-refractivity contribution is 5.80. The highest BCUT2D eigenvalue weighted by Crippen LogP contribution is 2.35. The molecule has 58 valence electrons. The Labute approximate surface area is 72.2 Å². The zero-order valence-corrected chi connectivity index (χ0v) is 6.83. The maximum Gasteiger partial charge on any atom is -0.0000307 e. The zero-order valence-electron chi connectivity index (χ0n) is 6.83. The van der Waals surface area contributed by atoms with Gasteiger partial charge < -0.3 is 0 Å². The van der Waals surface area contributed by atoms with Crippen molar-refractivity contribution in [2.45, 2.75) is 6.42 Å². The molecule has 0 heterocycles. The summed E-state index contributed by atoms with van der Waals surface area (Å²) in [7, 11) is 0. The van der Waals surface area contributed by atoms with Gasteiger partial charge in [0, 0.05) is 0 Å². The lowest BCUT2D eigenvalue weighted by molar-refractivity contribution is 0.807. The number of hydrogen-bond donors (Lipinski definition) is 0. The first kappa shape index (κ1) is 6.24. The van der Waals surface area contributed by atoms with E-state index in [4.69, 9.17) is 0 Å². The van der Waals surface area contributed by atoms with Gasteiger partial charge >= 0.3 is 0 Å². The lowest BCUT2D eigenvalue weighted by Gasteiger charge is -2.15. The van der Waals surface area contributed by atoms with Gasteiger partial charge in [0.15, 0.2) is 0 Å². The van der Waals surface area contributed by atoms with E-state index < -0.39 is 0 Å². The maximum atomic E-state index is 2.36. The third-order valence-electron chi connectivity index (χ3n) is 2.70. The summed E-state index contributed by atoms with van der Waals surface area (Å²) in [6.45, 7) is 0.